The van der Waals surface area contributed by atoms with Crippen LogP contribution in [0, 0.1) is 23.5 Å². The molecular weight excluding hydrogens is 256 g/mol. The van der Waals surface area contributed by atoms with E-state index in [-0.39, 0.29) is 0 Å². The van der Waals surface area contributed by atoms with E-state index in [1.165, 1.54) is 18.6 Å². The predicted molar refractivity (Wildman–Crippen MR) is 78.7 cm³/mol. The number of hydrogen-bond donors (Lipinski definition) is 1. The highest BCUT2D eigenvalue weighted by molar-refractivity contribution is 5.23. The molecule has 0 aromatic heterocycles. The molecule has 1 aliphatic carbocycles. The Morgan fingerprint density at radius 2 is 1.95 bits per heavy atom. The third kappa shape index (κ3) is 3.78. The summed E-state index contributed by atoms with van der Waals surface area (Å²) in [5.74, 6) is 0.0211. The van der Waals surface area contributed by atoms with Crippen LogP contribution in [0.5, 0.6) is 0 Å². The third-order valence-electron chi connectivity index (χ3n) is 4.42. The quantitative estimate of drug-likeness (QED) is 0.858. The van der Waals surface area contributed by atoms with Gasteiger partial charge in [0.15, 0.2) is 11.6 Å². The predicted octanol–water partition coefficient (Wildman–Crippen LogP) is 4.48. The maximum absolute atomic E-state index is 13.5. The maximum Gasteiger partial charge on any atom is 0.159 e. The van der Waals surface area contributed by atoms with Gasteiger partial charge in [-0.25, -0.2) is 8.78 Å². The molecule has 2 rings (SSSR count). The van der Waals surface area contributed by atoms with E-state index in [0.29, 0.717) is 23.8 Å². The van der Waals surface area contributed by atoms with E-state index in [1.54, 1.807) is 6.07 Å². The van der Waals surface area contributed by atoms with Gasteiger partial charge in [0, 0.05) is 6.04 Å². The number of halogens is 2. The lowest BCUT2D eigenvalue weighted by Gasteiger charge is -2.36. The van der Waals surface area contributed by atoms with Crippen LogP contribution in [-0.2, 0) is 0 Å². The topological polar surface area (TPSA) is 12.0 Å². The van der Waals surface area contributed by atoms with Crippen LogP contribution in [-0.4, -0.2) is 12.6 Å². The van der Waals surface area contributed by atoms with E-state index in [1.807, 2.05) is 0 Å². The Morgan fingerprint density at radius 1 is 1.20 bits per heavy atom. The van der Waals surface area contributed by atoms with Gasteiger partial charge < -0.3 is 5.32 Å². The fraction of sp³-hybridized carbons (Fsp3) is 0.647. The van der Waals surface area contributed by atoms with Gasteiger partial charge in [-0.05, 0) is 54.8 Å². The second kappa shape index (κ2) is 6.66. The zero-order chi connectivity index (χ0) is 14.7. The van der Waals surface area contributed by atoms with Crippen molar-refractivity contribution >= 4 is 0 Å². The number of nitrogens with one attached hydrogen (secondary N) is 1. The second-order valence-corrected chi connectivity index (χ2v) is 6.52. The minimum atomic E-state index is -0.755. The van der Waals surface area contributed by atoms with E-state index < -0.39 is 11.6 Å². The summed E-state index contributed by atoms with van der Waals surface area (Å²) < 4.78 is 26.6. The number of rotatable bonds is 4. The fourth-order valence-electron chi connectivity index (χ4n) is 3.23. The summed E-state index contributed by atoms with van der Waals surface area (Å²) in [6, 6.07) is 4.86. The molecule has 0 amide bonds. The van der Waals surface area contributed by atoms with Gasteiger partial charge in [0.2, 0.25) is 0 Å². The lowest BCUT2D eigenvalue weighted by Crippen LogP contribution is -2.34. The second-order valence-electron chi connectivity index (χ2n) is 6.52. The highest BCUT2D eigenvalue weighted by atomic mass is 19.2. The molecule has 0 radical (unpaired) electrons. The van der Waals surface area contributed by atoms with Crippen LogP contribution in [0.4, 0.5) is 8.78 Å². The first-order valence-electron chi connectivity index (χ1n) is 7.65. The van der Waals surface area contributed by atoms with Crippen molar-refractivity contribution in [1.82, 2.24) is 5.32 Å². The van der Waals surface area contributed by atoms with Gasteiger partial charge in [-0.2, -0.15) is 0 Å². The van der Waals surface area contributed by atoms with E-state index in [2.05, 4.69) is 26.1 Å². The molecule has 3 unspecified atom stereocenters. The number of hydrogen-bond acceptors (Lipinski definition) is 1. The van der Waals surface area contributed by atoms with Crippen molar-refractivity contribution in [3.63, 3.8) is 0 Å². The van der Waals surface area contributed by atoms with Crippen molar-refractivity contribution in [3.05, 3.63) is 35.4 Å². The van der Waals surface area contributed by atoms with Crippen LogP contribution in [0.25, 0.3) is 0 Å². The molecule has 1 N–H and O–H groups in total. The average molecular weight is 281 g/mol. The van der Waals surface area contributed by atoms with Crippen LogP contribution in [0.15, 0.2) is 18.2 Å². The molecule has 0 spiro atoms. The highest BCUT2D eigenvalue weighted by Gasteiger charge is 2.30. The molecule has 1 aromatic carbocycles. The van der Waals surface area contributed by atoms with Gasteiger partial charge in [0.1, 0.15) is 0 Å². The smallest absolute Gasteiger partial charge is 0.159 e. The highest BCUT2D eigenvalue weighted by Crippen LogP contribution is 2.40. The first kappa shape index (κ1) is 15.4. The maximum atomic E-state index is 13.5. The van der Waals surface area contributed by atoms with Gasteiger partial charge in [0.05, 0.1) is 0 Å². The van der Waals surface area contributed by atoms with E-state index >= 15 is 0 Å². The molecular formula is C17H25F2N. The van der Waals surface area contributed by atoms with Crippen molar-refractivity contribution in [2.24, 2.45) is 11.8 Å². The van der Waals surface area contributed by atoms with Crippen molar-refractivity contribution in [2.45, 2.75) is 52.0 Å². The molecule has 3 atom stereocenters. The standard InChI is InChI=1S/C17H25F2N/c1-11(2)20-10-14-5-4-12(3)8-15(14)13-6-7-16(18)17(19)9-13/h6-7,9,11-12,14-15,20H,4-5,8,10H2,1-3H3. The van der Waals surface area contributed by atoms with Gasteiger partial charge in [-0.1, -0.05) is 33.3 Å². The number of benzene rings is 1. The first-order chi connectivity index (χ1) is 9.47. The van der Waals surface area contributed by atoms with Gasteiger partial charge >= 0.3 is 0 Å². The molecule has 1 nitrogen and oxygen atoms in total. The zero-order valence-corrected chi connectivity index (χ0v) is 12.6. The lowest BCUT2D eigenvalue weighted by atomic mass is 9.71. The van der Waals surface area contributed by atoms with E-state index in [9.17, 15) is 8.78 Å². The Balaban J connectivity index is 2.16. The molecule has 0 heterocycles. The minimum absolute atomic E-state index is 0.333. The van der Waals surface area contributed by atoms with Crippen LogP contribution >= 0.6 is 0 Å². The van der Waals surface area contributed by atoms with Crippen molar-refractivity contribution < 1.29 is 8.78 Å². The fourth-order valence-corrected chi connectivity index (χ4v) is 3.23. The summed E-state index contributed by atoms with van der Waals surface area (Å²) in [5.41, 5.74) is 0.950. The summed E-state index contributed by atoms with van der Waals surface area (Å²) >= 11 is 0. The Kier molecular flexibility index (Phi) is 5.14. The minimum Gasteiger partial charge on any atom is -0.314 e. The molecule has 0 aliphatic heterocycles. The lowest BCUT2D eigenvalue weighted by molar-refractivity contribution is 0.237. The molecule has 3 heteroatoms. The SMILES string of the molecule is CC1CCC(CNC(C)C)C(c2ccc(F)c(F)c2)C1. The van der Waals surface area contributed by atoms with Crippen LogP contribution in [0.2, 0.25) is 0 Å². The monoisotopic (exact) mass is 281 g/mol. The third-order valence-corrected chi connectivity index (χ3v) is 4.42. The molecule has 20 heavy (non-hydrogen) atoms. The molecule has 0 saturated heterocycles. The van der Waals surface area contributed by atoms with E-state index in [4.69, 9.17) is 0 Å². The van der Waals surface area contributed by atoms with Gasteiger partial charge in [-0.3, -0.25) is 0 Å². The first-order valence-corrected chi connectivity index (χ1v) is 7.65. The Bertz CT molecular complexity index is 445. The Morgan fingerprint density at radius 3 is 2.60 bits per heavy atom. The Hall–Kier alpha value is -0.960. The summed E-state index contributed by atoms with van der Waals surface area (Å²) in [6.45, 7) is 7.48. The molecule has 1 aromatic rings. The normalized spacial score (nSPS) is 27.0. The summed E-state index contributed by atoms with van der Waals surface area (Å²) in [5, 5.41) is 3.49. The van der Waals surface area contributed by atoms with Crippen LogP contribution in [0.3, 0.4) is 0 Å². The van der Waals surface area contributed by atoms with Crippen LogP contribution in [0.1, 0.15) is 51.5 Å². The summed E-state index contributed by atoms with van der Waals surface area (Å²) in [7, 11) is 0. The van der Waals surface area contributed by atoms with Crippen molar-refractivity contribution in [3.8, 4) is 0 Å². The molecule has 1 fully saturated rings. The van der Waals surface area contributed by atoms with Crippen molar-refractivity contribution in [2.75, 3.05) is 6.54 Å². The summed E-state index contributed by atoms with van der Waals surface area (Å²) in [4.78, 5) is 0. The Labute approximate surface area is 120 Å². The largest absolute Gasteiger partial charge is 0.314 e. The molecule has 1 aliphatic rings. The van der Waals surface area contributed by atoms with Gasteiger partial charge in [-0.15, -0.1) is 0 Å². The molecule has 112 valence electrons. The average Bonchev–Trinajstić information content (AvgIpc) is 2.40. The van der Waals surface area contributed by atoms with E-state index in [0.717, 1.165) is 24.9 Å². The molecule has 1 saturated carbocycles. The van der Waals surface area contributed by atoms with Gasteiger partial charge in [0.25, 0.3) is 0 Å². The molecule has 0 bridgehead atoms. The summed E-state index contributed by atoms with van der Waals surface area (Å²) in [6.07, 6.45) is 3.45. The zero-order valence-electron chi connectivity index (χ0n) is 12.6. The van der Waals surface area contributed by atoms with Crippen LogP contribution < -0.4 is 5.32 Å². The van der Waals surface area contributed by atoms with Crippen molar-refractivity contribution in [1.29, 1.82) is 0 Å².